The number of hydrazine groups is 1. The third-order valence-electron chi connectivity index (χ3n) is 2.25. The molecule has 0 aromatic heterocycles. The van der Waals surface area contributed by atoms with Gasteiger partial charge >= 0.3 is 11.9 Å². The molecule has 1 aromatic carbocycles. The second kappa shape index (κ2) is 9.32. The maximum atomic E-state index is 9.10. The number of rotatable bonds is 4. The second-order valence-corrected chi connectivity index (χ2v) is 4.28. The fraction of sp³-hybridized carbons (Fsp3) is 0.333. The predicted molar refractivity (Wildman–Crippen MR) is 71.8 cm³/mol. The molecular weight excluding hydrogens is 272 g/mol. The summed E-state index contributed by atoms with van der Waals surface area (Å²) in [7, 11) is 0. The van der Waals surface area contributed by atoms with Crippen molar-refractivity contribution in [2.24, 2.45) is 5.84 Å². The highest BCUT2D eigenvalue weighted by Crippen LogP contribution is 2.11. The molecule has 0 aliphatic carbocycles. The van der Waals surface area contributed by atoms with Crippen molar-refractivity contribution in [3.8, 4) is 0 Å². The molecule has 1 unspecified atom stereocenters. The van der Waals surface area contributed by atoms with Crippen LogP contribution in [0.2, 0.25) is 5.02 Å². The van der Waals surface area contributed by atoms with Crippen molar-refractivity contribution in [3.05, 3.63) is 34.9 Å². The number of aliphatic carboxylic acids is 2. The first kappa shape index (κ1) is 17.4. The molecule has 0 radical (unpaired) electrons. The lowest BCUT2D eigenvalue weighted by molar-refractivity contribution is -0.159. The van der Waals surface area contributed by atoms with Crippen LogP contribution >= 0.6 is 11.6 Å². The smallest absolute Gasteiger partial charge is 0.414 e. The molecule has 0 aliphatic heterocycles. The molecule has 1 aromatic rings. The third-order valence-corrected chi connectivity index (χ3v) is 2.50. The highest BCUT2D eigenvalue weighted by atomic mass is 35.5. The van der Waals surface area contributed by atoms with E-state index in [0.29, 0.717) is 6.04 Å². The summed E-state index contributed by atoms with van der Waals surface area (Å²) in [6, 6.07) is 8.28. The highest BCUT2D eigenvalue weighted by molar-refractivity contribution is 6.30. The van der Waals surface area contributed by atoms with Gasteiger partial charge in [0.05, 0.1) is 0 Å². The molecule has 5 N–H and O–H groups in total. The number of nitrogens with one attached hydrogen (secondary N) is 1. The van der Waals surface area contributed by atoms with Gasteiger partial charge in [-0.15, -0.1) is 0 Å². The van der Waals surface area contributed by atoms with Crippen LogP contribution in [0.25, 0.3) is 0 Å². The largest absolute Gasteiger partial charge is 0.473 e. The van der Waals surface area contributed by atoms with E-state index in [1.165, 1.54) is 5.56 Å². The summed E-state index contributed by atoms with van der Waals surface area (Å²) in [5, 5.41) is 15.6. The Morgan fingerprint density at radius 1 is 1.26 bits per heavy atom. The minimum Gasteiger partial charge on any atom is -0.473 e. The fourth-order valence-corrected chi connectivity index (χ4v) is 1.24. The number of aryl methyl sites for hydroxylation is 1. The van der Waals surface area contributed by atoms with Crippen molar-refractivity contribution in [1.82, 2.24) is 5.43 Å². The van der Waals surface area contributed by atoms with E-state index in [9.17, 15) is 0 Å². The van der Waals surface area contributed by atoms with Gasteiger partial charge in [0.2, 0.25) is 0 Å². The molecule has 6 nitrogen and oxygen atoms in total. The minimum absolute atomic E-state index is 0.357. The Hall–Kier alpha value is -1.63. The van der Waals surface area contributed by atoms with Gasteiger partial charge in [0, 0.05) is 11.1 Å². The fourth-order valence-electron chi connectivity index (χ4n) is 1.12. The first-order valence-electron chi connectivity index (χ1n) is 5.53. The van der Waals surface area contributed by atoms with E-state index in [2.05, 4.69) is 12.3 Å². The van der Waals surface area contributed by atoms with Crippen LogP contribution in [-0.2, 0) is 16.0 Å². The molecule has 0 aliphatic rings. The average Bonchev–Trinajstić information content (AvgIpc) is 2.38. The van der Waals surface area contributed by atoms with Crippen molar-refractivity contribution in [2.45, 2.75) is 25.8 Å². The number of carboxylic acids is 2. The Morgan fingerprint density at radius 2 is 1.74 bits per heavy atom. The quantitative estimate of drug-likeness (QED) is 0.377. The van der Waals surface area contributed by atoms with Crippen LogP contribution in [0, 0.1) is 0 Å². The molecule has 0 heterocycles. The van der Waals surface area contributed by atoms with Gasteiger partial charge in [-0.1, -0.05) is 23.7 Å². The van der Waals surface area contributed by atoms with E-state index in [1.807, 2.05) is 24.3 Å². The van der Waals surface area contributed by atoms with Crippen molar-refractivity contribution in [1.29, 1.82) is 0 Å². The van der Waals surface area contributed by atoms with Crippen LogP contribution in [0.15, 0.2) is 24.3 Å². The van der Waals surface area contributed by atoms with Gasteiger partial charge in [-0.3, -0.25) is 11.3 Å². The SMILES string of the molecule is CC(CCc1ccc(Cl)cc1)NN.O=C(O)C(=O)O. The molecule has 1 rings (SSSR count). The third kappa shape index (κ3) is 9.01. The first-order valence-corrected chi connectivity index (χ1v) is 5.91. The maximum Gasteiger partial charge on any atom is 0.414 e. The van der Waals surface area contributed by atoms with Crippen molar-refractivity contribution >= 4 is 23.5 Å². The number of benzene rings is 1. The Balaban J connectivity index is 0.000000459. The van der Waals surface area contributed by atoms with Gasteiger partial charge in [-0.2, -0.15) is 0 Å². The van der Waals surface area contributed by atoms with Crippen LogP contribution in [0.5, 0.6) is 0 Å². The van der Waals surface area contributed by atoms with Gasteiger partial charge < -0.3 is 10.2 Å². The molecule has 0 fully saturated rings. The molecule has 0 bridgehead atoms. The molecule has 0 amide bonds. The zero-order chi connectivity index (χ0) is 14.8. The summed E-state index contributed by atoms with van der Waals surface area (Å²) in [4.78, 5) is 18.2. The maximum absolute atomic E-state index is 9.10. The summed E-state index contributed by atoms with van der Waals surface area (Å²) in [5.41, 5.74) is 4.02. The van der Waals surface area contributed by atoms with Gasteiger partial charge in [0.15, 0.2) is 0 Å². The molecule has 7 heteroatoms. The van der Waals surface area contributed by atoms with E-state index in [1.54, 1.807) is 0 Å². The number of carbonyl (C=O) groups is 2. The van der Waals surface area contributed by atoms with Gasteiger partial charge in [-0.05, 0) is 37.5 Å². The zero-order valence-electron chi connectivity index (χ0n) is 10.5. The monoisotopic (exact) mass is 288 g/mol. The van der Waals surface area contributed by atoms with Crippen LogP contribution in [0.4, 0.5) is 0 Å². The standard InChI is InChI=1S/C10H15ClN2.C2H2O4/c1-8(13-12)2-3-9-4-6-10(11)7-5-9;3-1(4)2(5)6/h4-8,13H,2-3,12H2,1H3;(H,3,4)(H,5,6). The van der Waals surface area contributed by atoms with Crippen molar-refractivity contribution in [2.75, 3.05) is 0 Å². The van der Waals surface area contributed by atoms with Crippen LogP contribution < -0.4 is 11.3 Å². The van der Waals surface area contributed by atoms with Crippen LogP contribution in [0.1, 0.15) is 18.9 Å². The Kier molecular flexibility index (Phi) is 8.52. The van der Waals surface area contributed by atoms with E-state index in [0.717, 1.165) is 17.9 Å². The lowest BCUT2D eigenvalue weighted by Gasteiger charge is -2.08. The summed E-state index contributed by atoms with van der Waals surface area (Å²) in [6.45, 7) is 2.07. The second-order valence-electron chi connectivity index (χ2n) is 3.84. The molecule has 0 saturated carbocycles. The van der Waals surface area contributed by atoms with Crippen molar-refractivity contribution in [3.63, 3.8) is 0 Å². The molecule has 106 valence electrons. The molecule has 0 saturated heterocycles. The number of hydrogen-bond donors (Lipinski definition) is 4. The van der Waals surface area contributed by atoms with Crippen molar-refractivity contribution < 1.29 is 19.8 Å². The predicted octanol–water partition coefficient (Wildman–Crippen LogP) is 1.28. The summed E-state index contributed by atoms with van der Waals surface area (Å²) < 4.78 is 0. The summed E-state index contributed by atoms with van der Waals surface area (Å²) in [5.74, 6) is 1.64. The minimum atomic E-state index is -1.82. The topological polar surface area (TPSA) is 113 Å². The first-order chi connectivity index (χ1) is 8.86. The van der Waals surface area contributed by atoms with E-state index in [4.69, 9.17) is 37.2 Å². The normalized spacial score (nSPS) is 11.1. The number of hydrogen-bond acceptors (Lipinski definition) is 4. The van der Waals surface area contributed by atoms with E-state index >= 15 is 0 Å². The van der Waals surface area contributed by atoms with E-state index < -0.39 is 11.9 Å². The molecule has 1 atom stereocenters. The Morgan fingerprint density at radius 3 is 2.11 bits per heavy atom. The number of carboxylic acid groups (broad SMARTS) is 2. The molecule has 19 heavy (non-hydrogen) atoms. The van der Waals surface area contributed by atoms with E-state index in [-0.39, 0.29) is 0 Å². The van der Waals surface area contributed by atoms with Crippen LogP contribution in [-0.4, -0.2) is 28.2 Å². The molecule has 0 spiro atoms. The van der Waals surface area contributed by atoms with Crippen LogP contribution in [0.3, 0.4) is 0 Å². The summed E-state index contributed by atoms with van der Waals surface area (Å²) >= 11 is 5.77. The number of nitrogens with two attached hydrogens (primary N) is 1. The lowest BCUT2D eigenvalue weighted by atomic mass is 10.1. The highest BCUT2D eigenvalue weighted by Gasteiger charge is 2.04. The average molecular weight is 289 g/mol. The van der Waals surface area contributed by atoms with Gasteiger partial charge in [0.1, 0.15) is 0 Å². The summed E-state index contributed by atoms with van der Waals surface area (Å²) in [6.07, 6.45) is 2.07. The number of halogens is 1. The lowest BCUT2D eigenvalue weighted by Crippen LogP contribution is -2.32. The molecular formula is C12H17ClN2O4. The zero-order valence-corrected chi connectivity index (χ0v) is 11.2. The Bertz CT molecular complexity index is 397. The van der Waals surface area contributed by atoms with Gasteiger partial charge in [-0.25, -0.2) is 9.59 Å². The Labute approximate surface area is 116 Å². The van der Waals surface area contributed by atoms with Gasteiger partial charge in [0.25, 0.3) is 0 Å².